The van der Waals surface area contributed by atoms with Crippen LogP contribution in [0.3, 0.4) is 0 Å². The first kappa shape index (κ1) is 36.2. The van der Waals surface area contributed by atoms with E-state index in [1.807, 2.05) is 17.4 Å². The van der Waals surface area contributed by atoms with Crippen LogP contribution >= 0.6 is 11.3 Å². The Bertz CT molecular complexity index is 3420. The molecule has 3 heteroatoms. The third kappa shape index (κ3) is 5.78. The Hall–Kier alpha value is -7.72. The van der Waals surface area contributed by atoms with Crippen LogP contribution in [-0.2, 0) is 5.41 Å². The molecule has 290 valence electrons. The van der Waals surface area contributed by atoms with Crippen molar-refractivity contribution in [1.29, 1.82) is 0 Å². The summed E-state index contributed by atoms with van der Waals surface area (Å²) in [7, 11) is 0. The van der Waals surface area contributed by atoms with Crippen molar-refractivity contribution in [2.45, 2.75) is 5.41 Å². The highest BCUT2D eigenvalue weighted by molar-refractivity contribution is 7.25. The molecule has 0 aliphatic heterocycles. The standard InChI is InChI=1S/C59H38N2S/c1-4-18-39(19-5-1)58-60-54(38-55(61-58)49-28-13-11-25-45(49)41-33-35-51-50-29-15-17-31-56(50)62-57(51)37-41)48-27-12-10-24-44(48)40-32-34-47-46-26-14-16-30-52(46)59(53(47)36-40,42-20-6-2-7-21-42)43-22-8-3-9-23-43/h1-38H. The van der Waals surface area contributed by atoms with Crippen LogP contribution < -0.4 is 0 Å². The molecule has 0 amide bonds. The Balaban J connectivity index is 1.05. The Morgan fingerprint density at radius 1 is 0.306 bits per heavy atom. The molecule has 62 heavy (non-hydrogen) atoms. The molecule has 11 aromatic rings. The van der Waals surface area contributed by atoms with Crippen LogP contribution in [0.5, 0.6) is 0 Å². The predicted molar refractivity (Wildman–Crippen MR) is 259 cm³/mol. The van der Waals surface area contributed by atoms with Gasteiger partial charge >= 0.3 is 0 Å². The molecule has 0 spiro atoms. The van der Waals surface area contributed by atoms with E-state index >= 15 is 0 Å². The molecule has 0 radical (unpaired) electrons. The van der Waals surface area contributed by atoms with Gasteiger partial charge in [0.15, 0.2) is 5.82 Å². The fraction of sp³-hybridized carbons (Fsp3) is 0.0169. The van der Waals surface area contributed by atoms with Gasteiger partial charge < -0.3 is 0 Å². The Kier molecular flexibility index (Phi) is 8.62. The zero-order valence-electron chi connectivity index (χ0n) is 33.7. The van der Waals surface area contributed by atoms with Gasteiger partial charge in [-0.15, -0.1) is 11.3 Å². The van der Waals surface area contributed by atoms with E-state index in [9.17, 15) is 0 Å². The molecule has 0 unspecified atom stereocenters. The van der Waals surface area contributed by atoms with E-state index in [2.05, 4.69) is 224 Å². The van der Waals surface area contributed by atoms with Gasteiger partial charge in [0.25, 0.3) is 0 Å². The lowest BCUT2D eigenvalue weighted by molar-refractivity contribution is 0.769. The molecule has 0 saturated heterocycles. The smallest absolute Gasteiger partial charge is 0.160 e. The van der Waals surface area contributed by atoms with Gasteiger partial charge in [-0.05, 0) is 79.9 Å². The number of thiophene rings is 1. The molecule has 2 heterocycles. The van der Waals surface area contributed by atoms with Crippen molar-refractivity contribution in [2.75, 3.05) is 0 Å². The molecule has 2 nitrogen and oxygen atoms in total. The number of fused-ring (bicyclic) bond motifs is 6. The van der Waals surface area contributed by atoms with E-state index in [4.69, 9.17) is 9.97 Å². The van der Waals surface area contributed by atoms with E-state index in [0.717, 1.165) is 44.8 Å². The van der Waals surface area contributed by atoms with Gasteiger partial charge in [0, 0.05) is 36.9 Å². The fourth-order valence-corrected chi connectivity index (χ4v) is 11.0. The minimum absolute atomic E-state index is 0.496. The molecule has 1 aliphatic carbocycles. The lowest BCUT2D eigenvalue weighted by atomic mass is 9.67. The monoisotopic (exact) mass is 806 g/mol. The summed E-state index contributed by atoms with van der Waals surface area (Å²) < 4.78 is 2.58. The average Bonchev–Trinajstić information content (AvgIpc) is 3.88. The third-order valence-corrected chi connectivity index (χ3v) is 13.8. The van der Waals surface area contributed by atoms with E-state index < -0.39 is 5.41 Å². The maximum atomic E-state index is 5.37. The van der Waals surface area contributed by atoms with E-state index in [-0.39, 0.29) is 0 Å². The summed E-state index contributed by atoms with van der Waals surface area (Å²) in [4.78, 5) is 10.7. The lowest BCUT2D eigenvalue weighted by Gasteiger charge is -2.34. The number of aromatic nitrogens is 2. The van der Waals surface area contributed by atoms with Crippen molar-refractivity contribution in [2.24, 2.45) is 0 Å². The first-order valence-corrected chi connectivity index (χ1v) is 22.0. The van der Waals surface area contributed by atoms with Gasteiger partial charge in [-0.1, -0.05) is 206 Å². The first-order chi connectivity index (χ1) is 30.7. The summed E-state index contributed by atoms with van der Waals surface area (Å²) in [5.41, 5.74) is 16.5. The van der Waals surface area contributed by atoms with Crippen LogP contribution in [0.25, 0.3) is 87.5 Å². The summed E-state index contributed by atoms with van der Waals surface area (Å²) in [5, 5.41) is 2.59. The Morgan fingerprint density at radius 3 is 1.45 bits per heavy atom. The predicted octanol–water partition coefficient (Wildman–Crippen LogP) is 15.5. The maximum Gasteiger partial charge on any atom is 0.160 e. The molecule has 0 N–H and O–H groups in total. The highest BCUT2D eigenvalue weighted by Gasteiger charge is 2.46. The second-order valence-electron chi connectivity index (χ2n) is 16.0. The van der Waals surface area contributed by atoms with Gasteiger partial charge in [0.2, 0.25) is 0 Å². The summed E-state index contributed by atoms with van der Waals surface area (Å²) in [5.74, 6) is 0.694. The van der Waals surface area contributed by atoms with Gasteiger partial charge in [-0.3, -0.25) is 0 Å². The quantitative estimate of drug-likeness (QED) is 0.160. The molecule has 0 atom stereocenters. The van der Waals surface area contributed by atoms with E-state index in [0.29, 0.717) is 5.82 Å². The van der Waals surface area contributed by atoms with Crippen molar-refractivity contribution in [1.82, 2.24) is 9.97 Å². The minimum atomic E-state index is -0.496. The van der Waals surface area contributed by atoms with Crippen molar-refractivity contribution >= 4 is 31.5 Å². The number of benzene rings is 9. The van der Waals surface area contributed by atoms with Crippen molar-refractivity contribution in [3.8, 4) is 67.3 Å². The number of hydrogen-bond acceptors (Lipinski definition) is 3. The zero-order valence-corrected chi connectivity index (χ0v) is 34.6. The van der Waals surface area contributed by atoms with E-state index in [1.54, 1.807) is 0 Å². The molecule has 0 fully saturated rings. The number of nitrogens with zero attached hydrogens (tertiary/aromatic N) is 2. The molecule has 0 bridgehead atoms. The molecule has 0 saturated carbocycles. The Labute approximate surface area is 365 Å². The lowest BCUT2D eigenvalue weighted by Crippen LogP contribution is -2.28. The maximum absolute atomic E-state index is 5.37. The largest absolute Gasteiger partial charge is 0.228 e. The van der Waals surface area contributed by atoms with Gasteiger partial charge in [0.1, 0.15) is 0 Å². The molecule has 12 rings (SSSR count). The van der Waals surface area contributed by atoms with Crippen molar-refractivity contribution in [3.05, 3.63) is 253 Å². The van der Waals surface area contributed by atoms with Crippen LogP contribution in [0.1, 0.15) is 22.3 Å². The van der Waals surface area contributed by atoms with Crippen LogP contribution in [0, 0.1) is 0 Å². The second kappa shape index (κ2) is 14.8. The van der Waals surface area contributed by atoms with Gasteiger partial charge in [0.05, 0.1) is 16.8 Å². The molecular weight excluding hydrogens is 769 g/mol. The van der Waals surface area contributed by atoms with Gasteiger partial charge in [-0.2, -0.15) is 0 Å². The molecular formula is C59H38N2S. The first-order valence-electron chi connectivity index (χ1n) is 21.1. The topological polar surface area (TPSA) is 25.8 Å². The van der Waals surface area contributed by atoms with Crippen molar-refractivity contribution in [3.63, 3.8) is 0 Å². The normalized spacial score (nSPS) is 12.6. The third-order valence-electron chi connectivity index (χ3n) is 12.6. The number of rotatable bonds is 7. The average molecular weight is 807 g/mol. The van der Waals surface area contributed by atoms with Crippen LogP contribution in [-0.4, -0.2) is 9.97 Å². The van der Waals surface area contributed by atoms with Crippen LogP contribution in [0.4, 0.5) is 0 Å². The van der Waals surface area contributed by atoms with Gasteiger partial charge in [-0.25, -0.2) is 9.97 Å². The second-order valence-corrected chi connectivity index (χ2v) is 17.1. The SMILES string of the molecule is c1ccc(-c2nc(-c3ccccc3-c3ccc4c(c3)C(c3ccccc3)(c3ccccc3)c3ccccc3-4)cc(-c3ccccc3-c3ccc4c(c3)sc3ccccc34)n2)cc1. The Morgan fingerprint density at radius 2 is 0.790 bits per heavy atom. The summed E-state index contributed by atoms with van der Waals surface area (Å²) in [6.07, 6.45) is 0. The minimum Gasteiger partial charge on any atom is -0.228 e. The zero-order chi connectivity index (χ0) is 41.0. The summed E-state index contributed by atoms with van der Waals surface area (Å²) >= 11 is 1.85. The molecule has 1 aliphatic rings. The molecule has 2 aromatic heterocycles. The van der Waals surface area contributed by atoms with Crippen molar-refractivity contribution < 1.29 is 0 Å². The molecule has 9 aromatic carbocycles. The van der Waals surface area contributed by atoms with Crippen LogP contribution in [0.2, 0.25) is 0 Å². The highest BCUT2D eigenvalue weighted by atomic mass is 32.1. The van der Waals surface area contributed by atoms with Crippen LogP contribution in [0.15, 0.2) is 231 Å². The van der Waals surface area contributed by atoms with E-state index in [1.165, 1.54) is 59.1 Å². The number of hydrogen-bond donors (Lipinski definition) is 0. The summed E-state index contributed by atoms with van der Waals surface area (Å²) in [6.45, 7) is 0. The fourth-order valence-electron chi connectivity index (χ4n) is 9.86. The summed E-state index contributed by atoms with van der Waals surface area (Å²) in [6, 6.07) is 83.5. The highest BCUT2D eigenvalue weighted by Crippen LogP contribution is 2.57.